The van der Waals surface area contributed by atoms with Crippen molar-refractivity contribution in [3.8, 4) is 11.8 Å². The highest BCUT2D eigenvalue weighted by molar-refractivity contribution is 5.77. The van der Waals surface area contributed by atoms with Crippen molar-refractivity contribution in [3.63, 3.8) is 0 Å². The van der Waals surface area contributed by atoms with Crippen molar-refractivity contribution >= 4 is 11.6 Å². The van der Waals surface area contributed by atoms with Crippen LogP contribution >= 0.6 is 0 Å². The van der Waals surface area contributed by atoms with Gasteiger partial charge in [-0.1, -0.05) is 0 Å². The maximum atomic E-state index is 12.7. The van der Waals surface area contributed by atoms with Gasteiger partial charge < -0.3 is 14.5 Å². The van der Waals surface area contributed by atoms with Gasteiger partial charge in [-0.15, -0.1) is 0 Å². The largest absolute Gasteiger partial charge is 0.497 e. The minimum atomic E-state index is 0.197. The zero-order valence-electron chi connectivity index (χ0n) is 17.5. The number of nitrogens with zero attached hydrogens (tertiary/aromatic N) is 5. The molecule has 2 heterocycles. The number of aromatic nitrogens is 2. The molecule has 3 rings (SSSR count). The van der Waals surface area contributed by atoms with Crippen molar-refractivity contribution in [2.45, 2.75) is 39.7 Å². The van der Waals surface area contributed by atoms with E-state index >= 15 is 0 Å². The number of benzene rings is 1. The van der Waals surface area contributed by atoms with Gasteiger partial charge in [0.1, 0.15) is 5.75 Å². The number of hydrogen-bond acceptors (Lipinski definition) is 5. The topological polar surface area (TPSA) is 74.4 Å². The smallest absolute Gasteiger partial charge is 0.223 e. The third-order valence-electron chi connectivity index (χ3n) is 5.63. The average molecular weight is 396 g/mol. The Hall–Kier alpha value is -3.01. The van der Waals surface area contributed by atoms with Gasteiger partial charge in [0.05, 0.1) is 31.8 Å². The summed E-state index contributed by atoms with van der Waals surface area (Å²) in [5.74, 6) is 1.05. The lowest BCUT2D eigenvalue weighted by molar-refractivity contribution is -0.131. The molecular formula is C22H29N5O2. The molecule has 2 aromatic rings. The lowest BCUT2D eigenvalue weighted by Crippen LogP contribution is -2.48. The first kappa shape index (κ1) is 20.7. The third-order valence-corrected chi connectivity index (χ3v) is 5.63. The van der Waals surface area contributed by atoms with E-state index in [0.717, 1.165) is 54.6 Å². The van der Waals surface area contributed by atoms with Gasteiger partial charge in [-0.3, -0.25) is 9.48 Å². The van der Waals surface area contributed by atoms with E-state index in [9.17, 15) is 4.79 Å². The average Bonchev–Trinajstić information content (AvgIpc) is 3.03. The first-order valence-electron chi connectivity index (χ1n) is 10.1. The van der Waals surface area contributed by atoms with E-state index in [1.165, 1.54) is 0 Å². The normalized spacial score (nSPS) is 14.0. The molecule has 29 heavy (non-hydrogen) atoms. The highest BCUT2D eigenvalue weighted by atomic mass is 16.5. The van der Waals surface area contributed by atoms with Crippen LogP contribution in [0.2, 0.25) is 0 Å². The SMILES string of the molecule is COc1ccc(N2CCN(C(=O)CCc3c(C)nn(CCC#N)c3C)CC2)cc1. The number of aryl methyl sites for hydroxylation is 2. The summed E-state index contributed by atoms with van der Waals surface area (Å²) in [6, 6.07) is 10.2. The van der Waals surface area contributed by atoms with E-state index in [4.69, 9.17) is 10.00 Å². The van der Waals surface area contributed by atoms with Gasteiger partial charge in [0.15, 0.2) is 0 Å². The second-order valence-electron chi connectivity index (χ2n) is 7.35. The van der Waals surface area contributed by atoms with Gasteiger partial charge >= 0.3 is 0 Å². The van der Waals surface area contributed by atoms with E-state index in [2.05, 4.69) is 28.2 Å². The van der Waals surface area contributed by atoms with Crippen LogP contribution in [0, 0.1) is 25.2 Å². The van der Waals surface area contributed by atoms with Crippen LogP contribution in [0.15, 0.2) is 24.3 Å². The Morgan fingerprint density at radius 2 is 1.86 bits per heavy atom. The van der Waals surface area contributed by atoms with Gasteiger partial charge in [0, 0.05) is 44.0 Å². The highest BCUT2D eigenvalue weighted by Crippen LogP contribution is 2.21. The molecule has 0 saturated carbocycles. The van der Waals surface area contributed by atoms with Crippen LogP contribution in [0.1, 0.15) is 29.8 Å². The van der Waals surface area contributed by atoms with E-state index in [0.29, 0.717) is 25.8 Å². The van der Waals surface area contributed by atoms with Gasteiger partial charge in [-0.25, -0.2) is 0 Å². The van der Waals surface area contributed by atoms with Crippen molar-refractivity contribution in [2.24, 2.45) is 0 Å². The summed E-state index contributed by atoms with van der Waals surface area (Å²) < 4.78 is 7.10. The van der Waals surface area contributed by atoms with Crippen LogP contribution in [0.3, 0.4) is 0 Å². The van der Waals surface area contributed by atoms with Crippen LogP contribution in [-0.2, 0) is 17.8 Å². The second-order valence-corrected chi connectivity index (χ2v) is 7.35. The molecule has 1 aliphatic heterocycles. The van der Waals surface area contributed by atoms with Crippen molar-refractivity contribution < 1.29 is 9.53 Å². The molecule has 1 aliphatic rings. The maximum Gasteiger partial charge on any atom is 0.223 e. The van der Waals surface area contributed by atoms with Crippen LogP contribution in [0.5, 0.6) is 5.75 Å². The van der Waals surface area contributed by atoms with E-state index in [-0.39, 0.29) is 5.91 Å². The molecule has 0 aliphatic carbocycles. The summed E-state index contributed by atoms with van der Waals surface area (Å²) in [4.78, 5) is 17.0. The maximum absolute atomic E-state index is 12.7. The Morgan fingerprint density at radius 3 is 2.48 bits per heavy atom. The van der Waals surface area contributed by atoms with E-state index in [1.807, 2.05) is 35.6 Å². The van der Waals surface area contributed by atoms with Crippen LogP contribution in [-0.4, -0.2) is 53.9 Å². The zero-order valence-corrected chi connectivity index (χ0v) is 17.5. The molecule has 1 fully saturated rings. The molecule has 0 radical (unpaired) electrons. The van der Waals surface area contributed by atoms with E-state index < -0.39 is 0 Å². The Labute approximate surface area is 172 Å². The Bertz CT molecular complexity index is 874. The fourth-order valence-electron chi connectivity index (χ4n) is 3.87. The second kappa shape index (κ2) is 9.46. The monoisotopic (exact) mass is 395 g/mol. The number of rotatable bonds is 7. The van der Waals surface area contributed by atoms with Crippen LogP contribution in [0.4, 0.5) is 5.69 Å². The summed E-state index contributed by atoms with van der Waals surface area (Å²) >= 11 is 0. The molecule has 0 atom stereocenters. The first-order chi connectivity index (χ1) is 14.0. The minimum Gasteiger partial charge on any atom is -0.497 e. The number of ether oxygens (including phenoxy) is 1. The molecule has 154 valence electrons. The molecule has 0 bridgehead atoms. The van der Waals surface area contributed by atoms with Crippen molar-refractivity contribution in [2.75, 3.05) is 38.2 Å². The Morgan fingerprint density at radius 1 is 1.17 bits per heavy atom. The molecule has 0 unspecified atom stereocenters. The Kier molecular flexibility index (Phi) is 6.76. The Balaban J connectivity index is 1.51. The van der Waals surface area contributed by atoms with E-state index in [1.54, 1.807) is 7.11 Å². The predicted molar refractivity (Wildman–Crippen MR) is 112 cm³/mol. The van der Waals surface area contributed by atoms with Crippen molar-refractivity contribution in [3.05, 3.63) is 41.2 Å². The molecule has 7 heteroatoms. The van der Waals surface area contributed by atoms with Crippen LogP contribution < -0.4 is 9.64 Å². The zero-order chi connectivity index (χ0) is 20.8. The summed E-state index contributed by atoms with van der Waals surface area (Å²) in [6.45, 7) is 7.75. The standard InChI is InChI=1S/C22H29N5O2/c1-17-21(18(2)27(24-17)12-4-11-23)9-10-22(28)26-15-13-25(14-16-26)19-5-7-20(29-3)8-6-19/h5-8H,4,9-10,12-16H2,1-3H3. The molecule has 0 N–H and O–H groups in total. The lowest BCUT2D eigenvalue weighted by Gasteiger charge is -2.36. The summed E-state index contributed by atoms with van der Waals surface area (Å²) in [5.41, 5.74) is 4.31. The van der Waals surface area contributed by atoms with Gasteiger partial charge in [0.2, 0.25) is 5.91 Å². The number of carbonyl (C=O) groups is 1. The number of nitriles is 1. The quantitative estimate of drug-likeness (QED) is 0.721. The number of carbonyl (C=O) groups excluding carboxylic acids is 1. The number of methoxy groups -OCH3 is 1. The molecule has 1 amide bonds. The summed E-state index contributed by atoms with van der Waals surface area (Å²) in [5, 5.41) is 13.3. The lowest BCUT2D eigenvalue weighted by atomic mass is 10.1. The molecule has 1 aromatic carbocycles. The fourth-order valence-corrected chi connectivity index (χ4v) is 3.87. The fraction of sp³-hybridized carbons (Fsp3) is 0.500. The van der Waals surface area contributed by atoms with Gasteiger partial charge in [-0.2, -0.15) is 10.4 Å². The molecular weight excluding hydrogens is 366 g/mol. The molecule has 1 aromatic heterocycles. The minimum absolute atomic E-state index is 0.197. The van der Waals surface area contributed by atoms with Gasteiger partial charge in [-0.05, 0) is 50.1 Å². The molecule has 0 spiro atoms. The predicted octanol–water partition coefficient (Wildman–Crippen LogP) is 2.70. The summed E-state index contributed by atoms with van der Waals surface area (Å²) in [7, 11) is 1.67. The highest BCUT2D eigenvalue weighted by Gasteiger charge is 2.22. The van der Waals surface area contributed by atoms with Crippen molar-refractivity contribution in [1.82, 2.24) is 14.7 Å². The van der Waals surface area contributed by atoms with Gasteiger partial charge in [0.25, 0.3) is 0 Å². The number of piperazine rings is 1. The van der Waals surface area contributed by atoms with Crippen LogP contribution in [0.25, 0.3) is 0 Å². The summed E-state index contributed by atoms with van der Waals surface area (Å²) in [6.07, 6.45) is 1.63. The number of hydrogen-bond donors (Lipinski definition) is 0. The third kappa shape index (κ3) is 4.89. The van der Waals surface area contributed by atoms with Crippen molar-refractivity contribution in [1.29, 1.82) is 5.26 Å². The molecule has 1 saturated heterocycles. The molecule has 7 nitrogen and oxygen atoms in total. The number of anilines is 1. The number of amides is 1. The first-order valence-corrected chi connectivity index (χ1v) is 10.1.